The van der Waals surface area contributed by atoms with Gasteiger partial charge < -0.3 is 0 Å². The standard InChI is InChI=1S/C3H7N5O2S/c1-11(9,10)4-2-3-5-7-8-6-3/h4H,2H2,1H3,(H,5,6,7,8). The first-order valence-corrected chi connectivity index (χ1v) is 4.64. The minimum Gasteiger partial charge on any atom is -0.213 e. The predicted octanol–water partition coefficient (Wildman–Crippen LogP) is -1.75. The molecule has 1 aromatic rings. The third-order valence-corrected chi connectivity index (χ3v) is 1.55. The van der Waals surface area contributed by atoms with Crippen LogP contribution in [0.5, 0.6) is 0 Å². The maximum Gasteiger partial charge on any atom is 0.209 e. The Morgan fingerprint density at radius 1 is 1.64 bits per heavy atom. The Hall–Kier alpha value is -1.02. The average molecular weight is 177 g/mol. The zero-order valence-corrected chi connectivity index (χ0v) is 6.59. The number of aromatic nitrogens is 4. The van der Waals surface area contributed by atoms with Crippen molar-refractivity contribution in [3.63, 3.8) is 0 Å². The normalized spacial score (nSPS) is 11.7. The van der Waals surface area contributed by atoms with Gasteiger partial charge >= 0.3 is 0 Å². The van der Waals surface area contributed by atoms with Crippen LogP contribution in [0.3, 0.4) is 0 Å². The first kappa shape index (κ1) is 8.08. The van der Waals surface area contributed by atoms with Gasteiger partial charge in [-0.1, -0.05) is 5.21 Å². The van der Waals surface area contributed by atoms with E-state index in [0.717, 1.165) is 6.26 Å². The van der Waals surface area contributed by atoms with Crippen LogP contribution in [0.4, 0.5) is 0 Å². The zero-order valence-electron chi connectivity index (χ0n) is 5.77. The van der Waals surface area contributed by atoms with Crippen LogP contribution >= 0.6 is 0 Å². The zero-order chi connectivity index (χ0) is 8.32. The highest BCUT2D eigenvalue weighted by molar-refractivity contribution is 7.88. The number of hydrogen-bond acceptors (Lipinski definition) is 5. The molecule has 1 rings (SSSR count). The molecule has 0 amide bonds. The minimum absolute atomic E-state index is 0.0648. The van der Waals surface area contributed by atoms with E-state index in [-0.39, 0.29) is 6.54 Å². The van der Waals surface area contributed by atoms with Crippen molar-refractivity contribution in [2.45, 2.75) is 6.54 Å². The number of sulfonamides is 1. The molecule has 0 spiro atoms. The third kappa shape index (κ3) is 3.05. The van der Waals surface area contributed by atoms with E-state index in [2.05, 4.69) is 25.3 Å². The molecule has 2 N–H and O–H groups in total. The Bertz CT molecular complexity index is 302. The van der Waals surface area contributed by atoms with Gasteiger partial charge in [0, 0.05) is 0 Å². The molecule has 1 aromatic heterocycles. The molecule has 1 heterocycles. The molecule has 0 unspecified atom stereocenters. The lowest BCUT2D eigenvalue weighted by molar-refractivity contribution is 0.585. The number of hydrogen-bond donors (Lipinski definition) is 2. The molecule has 0 radical (unpaired) electrons. The number of aromatic amines is 1. The first-order chi connectivity index (χ1) is 5.08. The molecule has 0 aliphatic heterocycles. The SMILES string of the molecule is CS(=O)(=O)NCc1nn[nH]n1. The van der Waals surface area contributed by atoms with Gasteiger partial charge in [0.05, 0.1) is 12.8 Å². The van der Waals surface area contributed by atoms with E-state index in [0.29, 0.717) is 5.82 Å². The van der Waals surface area contributed by atoms with E-state index in [9.17, 15) is 8.42 Å². The highest BCUT2D eigenvalue weighted by atomic mass is 32.2. The Morgan fingerprint density at radius 2 is 2.36 bits per heavy atom. The van der Waals surface area contributed by atoms with Crippen LogP contribution in [0.25, 0.3) is 0 Å². The van der Waals surface area contributed by atoms with Crippen LogP contribution in [0, 0.1) is 0 Å². The molecule has 62 valence electrons. The molecule has 8 heteroatoms. The van der Waals surface area contributed by atoms with Gasteiger partial charge in [-0.2, -0.15) is 5.21 Å². The summed E-state index contributed by atoms with van der Waals surface area (Å²) in [6.07, 6.45) is 1.06. The topological polar surface area (TPSA) is 101 Å². The summed E-state index contributed by atoms with van der Waals surface area (Å²) in [4.78, 5) is 0. The molecule has 0 saturated heterocycles. The van der Waals surface area contributed by atoms with Crippen molar-refractivity contribution in [2.75, 3.05) is 6.26 Å². The van der Waals surface area contributed by atoms with Gasteiger partial charge in [-0.05, 0) is 0 Å². The van der Waals surface area contributed by atoms with Crippen molar-refractivity contribution >= 4 is 10.0 Å². The first-order valence-electron chi connectivity index (χ1n) is 2.75. The molecule has 0 saturated carbocycles. The number of nitrogens with zero attached hydrogens (tertiary/aromatic N) is 3. The number of tetrazole rings is 1. The fourth-order valence-electron chi connectivity index (χ4n) is 0.453. The van der Waals surface area contributed by atoms with E-state index in [4.69, 9.17) is 0 Å². The summed E-state index contributed by atoms with van der Waals surface area (Å²) < 4.78 is 23.3. The smallest absolute Gasteiger partial charge is 0.209 e. The van der Waals surface area contributed by atoms with Gasteiger partial charge in [0.15, 0.2) is 5.82 Å². The second-order valence-corrected chi connectivity index (χ2v) is 3.75. The molecule has 0 aliphatic carbocycles. The van der Waals surface area contributed by atoms with Crippen LogP contribution in [0.1, 0.15) is 5.82 Å². The van der Waals surface area contributed by atoms with Crippen LogP contribution in [-0.2, 0) is 16.6 Å². The number of nitrogens with one attached hydrogen (secondary N) is 2. The summed E-state index contributed by atoms with van der Waals surface area (Å²) in [5.41, 5.74) is 0. The summed E-state index contributed by atoms with van der Waals surface area (Å²) in [6, 6.07) is 0. The van der Waals surface area contributed by atoms with Crippen molar-refractivity contribution in [2.24, 2.45) is 0 Å². The Kier molecular flexibility index (Phi) is 2.15. The Balaban J connectivity index is 2.48. The van der Waals surface area contributed by atoms with Gasteiger partial charge in [0.25, 0.3) is 0 Å². The summed E-state index contributed by atoms with van der Waals surface area (Å²) >= 11 is 0. The number of H-pyrrole nitrogens is 1. The average Bonchev–Trinajstić information content (AvgIpc) is 2.32. The van der Waals surface area contributed by atoms with Crippen molar-refractivity contribution in [1.29, 1.82) is 0 Å². The van der Waals surface area contributed by atoms with Crippen molar-refractivity contribution in [1.82, 2.24) is 25.3 Å². The van der Waals surface area contributed by atoms with Gasteiger partial charge in [-0.25, -0.2) is 13.1 Å². The largest absolute Gasteiger partial charge is 0.213 e. The lowest BCUT2D eigenvalue weighted by Gasteiger charge is -1.94. The lowest BCUT2D eigenvalue weighted by Crippen LogP contribution is -2.21. The van der Waals surface area contributed by atoms with E-state index in [1.165, 1.54) is 0 Å². The minimum atomic E-state index is -3.17. The van der Waals surface area contributed by atoms with E-state index < -0.39 is 10.0 Å². The third-order valence-electron chi connectivity index (χ3n) is 0.882. The number of rotatable bonds is 3. The predicted molar refractivity (Wildman–Crippen MR) is 35.9 cm³/mol. The van der Waals surface area contributed by atoms with Crippen LogP contribution in [-0.4, -0.2) is 35.3 Å². The van der Waals surface area contributed by atoms with Crippen molar-refractivity contribution in [3.05, 3.63) is 5.82 Å². The highest BCUT2D eigenvalue weighted by Gasteiger charge is 2.02. The van der Waals surface area contributed by atoms with Gasteiger partial charge in [-0.15, -0.1) is 10.2 Å². The van der Waals surface area contributed by atoms with Gasteiger partial charge in [-0.3, -0.25) is 0 Å². The molecular weight excluding hydrogens is 170 g/mol. The molecule has 11 heavy (non-hydrogen) atoms. The molecule has 0 fully saturated rings. The fourth-order valence-corrected chi connectivity index (χ4v) is 0.844. The Morgan fingerprint density at radius 3 is 2.82 bits per heavy atom. The summed E-state index contributed by atoms with van der Waals surface area (Å²) in [6.45, 7) is 0.0648. The maximum absolute atomic E-state index is 10.5. The second-order valence-electron chi connectivity index (χ2n) is 1.92. The Labute approximate surface area is 63.2 Å². The molecule has 0 bridgehead atoms. The van der Waals surface area contributed by atoms with E-state index in [1.807, 2.05) is 0 Å². The molecular formula is C3H7N5O2S. The monoisotopic (exact) mass is 177 g/mol. The molecule has 7 nitrogen and oxygen atoms in total. The van der Waals surface area contributed by atoms with Gasteiger partial charge in [0.2, 0.25) is 10.0 Å². The molecule has 0 aliphatic rings. The summed E-state index contributed by atoms with van der Waals surface area (Å²) in [5, 5.41) is 12.5. The fraction of sp³-hybridized carbons (Fsp3) is 0.667. The second kappa shape index (κ2) is 2.93. The molecule has 0 atom stereocenters. The van der Waals surface area contributed by atoms with Crippen molar-refractivity contribution < 1.29 is 8.42 Å². The van der Waals surface area contributed by atoms with Crippen LogP contribution in [0.15, 0.2) is 0 Å². The summed E-state index contributed by atoms with van der Waals surface area (Å²) in [5.74, 6) is 0.315. The highest BCUT2D eigenvalue weighted by Crippen LogP contribution is 1.83. The van der Waals surface area contributed by atoms with Crippen LogP contribution < -0.4 is 4.72 Å². The lowest BCUT2D eigenvalue weighted by atomic mass is 10.7. The summed E-state index contributed by atoms with van der Waals surface area (Å²) in [7, 11) is -3.17. The van der Waals surface area contributed by atoms with E-state index >= 15 is 0 Å². The maximum atomic E-state index is 10.5. The van der Waals surface area contributed by atoms with E-state index in [1.54, 1.807) is 0 Å². The molecule has 0 aromatic carbocycles. The van der Waals surface area contributed by atoms with Crippen molar-refractivity contribution in [3.8, 4) is 0 Å². The quantitative estimate of drug-likeness (QED) is 0.570. The van der Waals surface area contributed by atoms with Crippen LogP contribution in [0.2, 0.25) is 0 Å². The van der Waals surface area contributed by atoms with Gasteiger partial charge in [0.1, 0.15) is 0 Å².